The van der Waals surface area contributed by atoms with Crippen molar-refractivity contribution in [3.05, 3.63) is 12.2 Å². The van der Waals surface area contributed by atoms with Crippen molar-refractivity contribution in [1.82, 2.24) is 5.32 Å². The molecule has 0 fully saturated rings. The predicted octanol–water partition coefficient (Wildman–Crippen LogP) is 1.13. The number of rotatable bonds is 5. The van der Waals surface area contributed by atoms with Crippen LogP contribution in [-0.2, 0) is 4.79 Å². The van der Waals surface area contributed by atoms with Crippen LogP contribution in [0.4, 0.5) is 0 Å². The fraction of sp³-hybridized carbons (Fsp3) is 0.625. The number of hydrogen-bond donors (Lipinski definition) is 1. The summed E-state index contributed by atoms with van der Waals surface area (Å²) in [4.78, 5) is 10.8. The van der Waals surface area contributed by atoms with E-state index in [1.54, 1.807) is 13.1 Å². The summed E-state index contributed by atoms with van der Waals surface area (Å²) >= 11 is 0. The Hall–Kier alpha value is -0.630. The minimum absolute atomic E-state index is 0.149. The first-order valence-corrected chi connectivity index (χ1v) is 3.65. The molecule has 0 heterocycles. The van der Waals surface area contributed by atoms with E-state index in [0.29, 0.717) is 6.54 Å². The topological polar surface area (TPSA) is 29.1 Å². The zero-order valence-electron chi connectivity index (χ0n) is 6.68. The van der Waals surface area contributed by atoms with Crippen LogP contribution >= 0.6 is 0 Å². The van der Waals surface area contributed by atoms with E-state index >= 15 is 0 Å². The van der Waals surface area contributed by atoms with E-state index < -0.39 is 0 Å². The molecule has 10 heavy (non-hydrogen) atoms. The third-order valence-corrected chi connectivity index (χ3v) is 1.11. The average Bonchev–Trinajstić information content (AvgIpc) is 1.89. The standard InChI is InChI=1S/C8H15NO/c1-3-4-5-6-8(10)7-9-2/h5-6,9H,3-4,7H2,1-2H3. The van der Waals surface area contributed by atoms with E-state index in [0.717, 1.165) is 12.8 Å². The van der Waals surface area contributed by atoms with Crippen molar-refractivity contribution < 1.29 is 4.79 Å². The quantitative estimate of drug-likeness (QED) is 0.581. The van der Waals surface area contributed by atoms with E-state index in [9.17, 15) is 4.79 Å². The molecule has 0 atom stereocenters. The van der Waals surface area contributed by atoms with Gasteiger partial charge in [0.15, 0.2) is 5.78 Å². The summed E-state index contributed by atoms with van der Waals surface area (Å²) in [6, 6.07) is 0. The Kier molecular flexibility index (Phi) is 6.08. The normalized spacial score (nSPS) is 10.6. The molecule has 0 aliphatic heterocycles. The van der Waals surface area contributed by atoms with Gasteiger partial charge in [-0.3, -0.25) is 4.79 Å². The van der Waals surface area contributed by atoms with E-state index in [-0.39, 0.29) is 5.78 Å². The molecule has 0 bridgehead atoms. The molecule has 0 aliphatic carbocycles. The monoisotopic (exact) mass is 141 g/mol. The molecule has 0 unspecified atom stereocenters. The molecule has 2 nitrogen and oxygen atoms in total. The zero-order valence-corrected chi connectivity index (χ0v) is 6.68. The maximum Gasteiger partial charge on any atom is 0.169 e. The van der Waals surface area contributed by atoms with Crippen LogP contribution in [0, 0.1) is 0 Å². The average molecular weight is 141 g/mol. The second kappa shape index (κ2) is 6.49. The molecular formula is C8H15NO. The maximum atomic E-state index is 10.8. The van der Waals surface area contributed by atoms with Gasteiger partial charge in [-0.2, -0.15) is 0 Å². The first-order valence-electron chi connectivity index (χ1n) is 3.65. The zero-order chi connectivity index (χ0) is 7.82. The molecule has 0 aliphatic rings. The molecule has 0 aromatic rings. The van der Waals surface area contributed by atoms with E-state index in [1.165, 1.54) is 0 Å². The van der Waals surface area contributed by atoms with E-state index in [2.05, 4.69) is 12.2 Å². The molecule has 0 saturated carbocycles. The van der Waals surface area contributed by atoms with Gasteiger partial charge in [0.1, 0.15) is 0 Å². The van der Waals surface area contributed by atoms with Crippen molar-refractivity contribution in [2.75, 3.05) is 13.6 Å². The molecule has 2 heteroatoms. The minimum Gasteiger partial charge on any atom is -0.313 e. The molecular weight excluding hydrogens is 126 g/mol. The van der Waals surface area contributed by atoms with Crippen LogP contribution in [0.15, 0.2) is 12.2 Å². The SMILES string of the molecule is CCCC=CC(=O)CNC. The Bertz CT molecular complexity index is 118. The van der Waals surface area contributed by atoms with Gasteiger partial charge in [-0.25, -0.2) is 0 Å². The van der Waals surface area contributed by atoms with Gasteiger partial charge in [-0.15, -0.1) is 0 Å². The molecule has 0 radical (unpaired) electrons. The van der Waals surface area contributed by atoms with Gasteiger partial charge < -0.3 is 5.32 Å². The van der Waals surface area contributed by atoms with Crippen molar-refractivity contribution in [2.24, 2.45) is 0 Å². The van der Waals surface area contributed by atoms with Crippen LogP contribution in [0.5, 0.6) is 0 Å². The molecule has 58 valence electrons. The molecule has 0 spiro atoms. The van der Waals surface area contributed by atoms with Crippen molar-refractivity contribution in [1.29, 1.82) is 0 Å². The first-order chi connectivity index (χ1) is 4.81. The van der Waals surface area contributed by atoms with Gasteiger partial charge in [0.25, 0.3) is 0 Å². The second-order valence-corrected chi connectivity index (χ2v) is 2.19. The first kappa shape index (κ1) is 9.37. The number of hydrogen-bond acceptors (Lipinski definition) is 2. The van der Waals surface area contributed by atoms with E-state index in [4.69, 9.17) is 0 Å². The van der Waals surface area contributed by atoms with Crippen LogP contribution < -0.4 is 5.32 Å². The summed E-state index contributed by atoms with van der Waals surface area (Å²) < 4.78 is 0. The van der Waals surface area contributed by atoms with Gasteiger partial charge in [0.05, 0.1) is 6.54 Å². The highest BCUT2D eigenvalue weighted by atomic mass is 16.1. The number of carbonyl (C=O) groups is 1. The number of likely N-dealkylation sites (N-methyl/N-ethyl adjacent to an activating group) is 1. The van der Waals surface area contributed by atoms with Gasteiger partial charge >= 0.3 is 0 Å². The summed E-state index contributed by atoms with van der Waals surface area (Å²) in [5.74, 6) is 0.149. The Morgan fingerprint density at radius 2 is 2.30 bits per heavy atom. The Morgan fingerprint density at radius 1 is 1.60 bits per heavy atom. The summed E-state index contributed by atoms with van der Waals surface area (Å²) in [5, 5.41) is 2.79. The van der Waals surface area contributed by atoms with E-state index in [1.807, 2.05) is 6.08 Å². The highest BCUT2D eigenvalue weighted by Crippen LogP contribution is 1.87. The van der Waals surface area contributed by atoms with Crippen molar-refractivity contribution in [3.63, 3.8) is 0 Å². The smallest absolute Gasteiger partial charge is 0.169 e. The van der Waals surface area contributed by atoms with Gasteiger partial charge in [0.2, 0.25) is 0 Å². The highest BCUT2D eigenvalue weighted by Gasteiger charge is 1.89. The van der Waals surface area contributed by atoms with Gasteiger partial charge in [-0.1, -0.05) is 19.4 Å². The van der Waals surface area contributed by atoms with Crippen LogP contribution in [-0.4, -0.2) is 19.4 Å². The molecule has 0 aromatic heterocycles. The minimum atomic E-state index is 0.149. The number of ketones is 1. The van der Waals surface area contributed by atoms with Crippen molar-refractivity contribution >= 4 is 5.78 Å². The summed E-state index contributed by atoms with van der Waals surface area (Å²) in [5.41, 5.74) is 0. The van der Waals surface area contributed by atoms with Gasteiger partial charge in [-0.05, 0) is 19.5 Å². The number of carbonyl (C=O) groups excluding carboxylic acids is 1. The number of nitrogens with one attached hydrogen (secondary N) is 1. The van der Waals surface area contributed by atoms with Gasteiger partial charge in [0, 0.05) is 0 Å². The summed E-state index contributed by atoms with van der Waals surface area (Å²) in [6.45, 7) is 2.53. The fourth-order valence-corrected chi connectivity index (χ4v) is 0.615. The maximum absolute atomic E-state index is 10.8. The van der Waals surface area contributed by atoms with Crippen molar-refractivity contribution in [2.45, 2.75) is 19.8 Å². The Morgan fingerprint density at radius 3 is 2.80 bits per heavy atom. The lowest BCUT2D eigenvalue weighted by atomic mass is 10.3. The summed E-state index contributed by atoms with van der Waals surface area (Å²) in [6.07, 6.45) is 5.65. The lowest BCUT2D eigenvalue weighted by Crippen LogP contribution is -2.16. The predicted molar refractivity (Wildman–Crippen MR) is 43.0 cm³/mol. The fourth-order valence-electron chi connectivity index (χ4n) is 0.615. The lowest BCUT2D eigenvalue weighted by Gasteiger charge is -1.90. The third kappa shape index (κ3) is 5.51. The highest BCUT2D eigenvalue weighted by molar-refractivity contribution is 5.91. The molecule has 0 amide bonds. The molecule has 0 aromatic carbocycles. The van der Waals surface area contributed by atoms with Crippen molar-refractivity contribution in [3.8, 4) is 0 Å². The number of unbranched alkanes of at least 4 members (excludes halogenated alkanes) is 1. The Labute approximate surface area is 62.3 Å². The lowest BCUT2D eigenvalue weighted by molar-refractivity contribution is -0.113. The molecule has 0 saturated heterocycles. The van der Waals surface area contributed by atoms with Crippen LogP contribution in [0.2, 0.25) is 0 Å². The second-order valence-electron chi connectivity index (χ2n) is 2.19. The van der Waals surface area contributed by atoms with Crippen LogP contribution in [0.25, 0.3) is 0 Å². The summed E-state index contributed by atoms with van der Waals surface area (Å²) in [7, 11) is 1.77. The van der Waals surface area contributed by atoms with Crippen LogP contribution in [0.1, 0.15) is 19.8 Å². The van der Waals surface area contributed by atoms with Crippen LogP contribution in [0.3, 0.4) is 0 Å². The Balaban J connectivity index is 3.36. The molecule has 1 N–H and O–H groups in total. The number of allylic oxidation sites excluding steroid dienone is 1. The molecule has 0 rings (SSSR count). The third-order valence-electron chi connectivity index (χ3n) is 1.11. The largest absolute Gasteiger partial charge is 0.313 e.